The second-order valence-electron chi connectivity index (χ2n) is 12.1. The normalized spacial score (nSPS) is 15.2. The van der Waals surface area contributed by atoms with Crippen LogP contribution in [0.3, 0.4) is 0 Å². The van der Waals surface area contributed by atoms with Gasteiger partial charge in [-0.05, 0) is 81.6 Å². The van der Waals surface area contributed by atoms with E-state index in [1.807, 2.05) is 42.7 Å². The van der Waals surface area contributed by atoms with E-state index in [1.165, 1.54) is 5.56 Å². The van der Waals surface area contributed by atoms with Gasteiger partial charge >= 0.3 is 0 Å². The Morgan fingerprint density at radius 1 is 0.775 bits per heavy atom. The van der Waals surface area contributed by atoms with Crippen molar-refractivity contribution in [1.82, 2.24) is 24.8 Å². The van der Waals surface area contributed by atoms with Crippen LogP contribution in [0, 0.1) is 0 Å². The van der Waals surface area contributed by atoms with Crippen LogP contribution in [0.15, 0.2) is 79.3 Å². The molecule has 0 spiro atoms. The molecule has 1 saturated heterocycles. The Hall–Kier alpha value is -3.65. The SMILES string of the molecule is CC(C)(O)Nc1cc(-c2cncc(-c3ccc(CN4CCN(C(C)(C)C)CC4)cc3)c2)cc(-c2ccccn2)n1. The number of nitrogens with one attached hydrogen (secondary N) is 1. The molecule has 40 heavy (non-hydrogen) atoms. The van der Waals surface area contributed by atoms with Crippen LogP contribution >= 0.6 is 0 Å². The van der Waals surface area contributed by atoms with Gasteiger partial charge in [-0.15, -0.1) is 0 Å². The molecule has 1 fully saturated rings. The van der Waals surface area contributed by atoms with Crippen LogP contribution in [0.25, 0.3) is 33.6 Å². The standard InChI is InChI=1S/C33H40N6O/c1-32(2,3)39-16-14-38(15-17-39)23-24-9-11-25(12-10-24)27-18-28(22-34-21-27)26-19-30(29-8-6-7-13-35-29)36-31(20-26)37-33(4,5)40/h6-13,18-22,40H,14-17,23H2,1-5H3,(H,36,37). The molecular formula is C33H40N6O. The topological polar surface area (TPSA) is 77.4 Å². The van der Waals surface area contributed by atoms with Gasteiger partial charge < -0.3 is 10.4 Å². The number of rotatable bonds is 7. The van der Waals surface area contributed by atoms with Crippen LogP contribution in [0.1, 0.15) is 40.2 Å². The van der Waals surface area contributed by atoms with E-state index < -0.39 is 5.72 Å². The van der Waals surface area contributed by atoms with Gasteiger partial charge in [0.1, 0.15) is 11.5 Å². The van der Waals surface area contributed by atoms with Crippen LogP contribution < -0.4 is 5.32 Å². The number of hydrogen-bond donors (Lipinski definition) is 2. The van der Waals surface area contributed by atoms with E-state index in [0.29, 0.717) is 5.82 Å². The van der Waals surface area contributed by atoms with E-state index >= 15 is 0 Å². The molecule has 5 rings (SSSR count). The van der Waals surface area contributed by atoms with Crippen molar-refractivity contribution in [2.45, 2.75) is 52.4 Å². The number of pyridine rings is 3. The molecule has 1 aliphatic rings. The molecule has 1 aliphatic heterocycles. The Balaban J connectivity index is 1.35. The maximum absolute atomic E-state index is 10.4. The van der Waals surface area contributed by atoms with E-state index in [4.69, 9.17) is 4.98 Å². The largest absolute Gasteiger partial charge is 0.372 e. The van der Waals surface area contributed by atoms with Crippen molar-refractivity contribution >= 4 is 5.82 Å². The second-order valence-corrected chi connectivity index (χ2v) is 12.1. The fourth-order valence-electron chi connectivity index (χ4n) is 5.11. The average molecular weight is 537 g/mol. The fraction of sp³-hybridized carbons (Fsp3) is 0.364. The number of nitrogens with zero attached hydrogens (tertiary/aromatic N) is 5. The highest BCUT2D eigenvalue weighted by Gasteiger charge is 2.25. The van der Waals surface area contributed by atoms with Crippen molar-refractivity contribution < 1.29 is 5.11 Å². The summed E-state index contributed by atoms with van der Waals surface area (Å²) in [7, 11) is 0. The molecular weight excluding hydrogens is 496 g/mol. The second kappa shape index (κ2) is 11.5. The molecule has 0 amide bonds. The lowest BCUT2D eigenvalue weighted by atomic mass is 10.0. The van der Waals surface area contributed by atoms with Crippen LogP contribution in [0.2, 0.25) is 0 Å². The van der Waals surface area contributed by atoms with Gasteiger partial charge in [-0.1, -0.05) is 30.3 Å². The molecule has 0 atom stereocenters. The highest BCUT2D eigenvalue weighted by molar-refractivity contribution is 5.76. The van der Waals surface area contributed by atoms with Crippen molar-refractivity contribution in [2.24, 2.45) is 0 Å². The zero-order valence-corrected chi connectivity index (χ0v) is 24.2. The van der Waals surface area contributed by atoms with E-state index in [1.54, 1.807) is 20.0 Å². The zero-order valence-electron chi connectivity index (χ0n) is 24.2. The molecule has 0 radical (unpaired) electrons. The molecule has 0 bridgehead atoms. The van der Waals surface area contributed by atoms with Crippen molar-refractivity contribution in [3.05, 3.63) is 84.8 Å². The Bertz CT molecular complexity index is 1420. The molecule has 1 aromatic carbocycles. The van der Waals surface area contributed by atoms with E-state index in [0.717, 1.165) is 66.4 Å². The maximum atomic E-state index is 10.4. The number of benzene rings is 1. The first-order valence-corrected chi connectivity index (χ1v) is 14.0. The summed E-state index contributed by atoms with van der Waals surface area (Å²) in [4.78, 5) is 18.9. The number of hydrogen-bond acceptors (Lipinski definition) is 7. The zero-order chi connectivity index (χ0) is 28.3. The smallest absolute Gasteiger partial charge is 0.130 e. The van der Waals surface area contributed by atoms with Gasteiger partial charge in [-0.2, -0.15) is 0 Å². The summed E-state index contributed by atoms with van der Waals surface area (Å²) in [5, 5.41) is 13.5. The van der Waals surface area contributed by atoms with Gasteiger partial charge in [-0.25, -0.2) is 4.98 Å². The van der Waals surface area contributed by atoms with Gasteiger partial charge in [-0.3, -0.25) is 19.8 Å². The summed E-state index contributed by atoms with van der Waals surface area (Å²) in [6.07, 6.45) is 5.52. The number of aliphatic hydroxyl groups is 1. The lowest BCUT2D eigenvalue weighted by Crippen LogP contribution is -2.53. The third-order valence-electron chi connectivity index (χ3n) is 7.27. The Morgan fingerprint density at radius 2 is 1.48 bits per heavy atom. The van der Waals surface area contributed by atoms with Gasteiger partial charge in [0.15, 0.2) is 0 Å². The molecule has 0 saturated carbocycles. The van der Waals surface area contributed by atoms with Gasteiger partial charge in [0.05, 0.1) is 11.4 Å². The minimum atomic E-state index is -1.12. The third kappa shape index (κ3) is 7.10. The molecule has 3 aromatic heterocycles. The molecule has 7 nitrogen and oxygen atoms in total. The summed E-state index contributed by atoms with van der Waals surface area (Å²) in [5.74, 6) is 0.573. The molecule has 7 heteroatoms. The third-order valence-corrected chi connectivity index (χ3v) is 7.27. The van der Waals surface area contributed by atoms with Gasteiger partial charge in [0.25, 0.3) is 0 Å². The van der Waals surface area contributed by atoms with Gasteiger partial charge in [0, 0.05) is 68.0 Å². The van der Waals surface area contributed by atoms with Crippen LogP contribution in [0.4, 0.5) is 5.82 Å². The molecule has 208 valence electrons. The number of anilines is 1. The lowest BCUT2D eigenvalue weighted by molar-refractivity contribution is 0.0591. The van der Waals surface area contributed by atoms with Crippen molar-refractivity contribution in [2.75, 3.05) is 31.5 Å². The molecule has 0 aliphatic carbocycles. The molecule has 2 N–H and O–H groups in total. The molecule has 4 aromatic rings. The first-order valence-electron chi connectivity index (χ1n) is 14.0. The minimum absolute atomic E-state index is 0.236. The van der Waals surface area contributed by atoms with Gasteiger partial charge in [0.2, 0.25) is 0 Å². The van der Waals surface area contributed by atoms with Crippen LogP contribution in [-0.2, 0) is 6.54 Å². The monoisotopic (exact) mass is 536 g/mol. The highest BCUT2D eigenvalue weighted by atomic mass is 16.3. The van der Waals surface area contributed by atoms with E-state index in [9.17, 15) is 5.11 Å². The van der Waals surface area contributed by atoms with E-state index in [2.05, 4.69) is 76.2 Å². The average Bonchev–Trinajstić information content (AvgIpc) is 2.93. The van der Waals surface area contributed by atoms with Crippen LogP contribution in [0.5, 0.6) is 0 Å². The summed E-state index contributed by atoms with van der Waals surface area (Å²) < 4.78 is 0. The molecule has 0 unspecified atom stereocenters. The lowest BCUT2D eigenvalue weighted by Gasteiger charge is -2.42. The highest BCUT2D eigenvalue weighted by Crippen LogP contribution is 2.30. The Labute approximate surface area is 237 Å². The first-order chi connectivity index (χ1) is 19.0. The number of piperazine rings is 1. The van der Waals surface area contributed by atoms with Crippen molar-refractivity contribution in [3.63, 3.8) is 0 Å². The van der Waals surface area contributed by atoms with Crippen LogP contribution in [-0.4, -0.2) is 67.3 Å². The fourth-order valence-corrected chi connectivity index (χ4v) is 5.11. The summed E-state index contributed by atoms with van der Waals surface area (Å²) in [6.45, 7) is 15.7. The van der Waals surface area contributed by atoms with Crippen molar-refractivity contribution in [1.29, 1.82) is 0 Å². The Kier molecular flexibility index (Phi) is 7.99. The number of aromatic nitrogens is 3. The Morgan fingerprint density at radius 3 is 2.10 bits per heavy atom. The van der Waals surface area contributed by atoms with Crippen molar-refractivity contribution in [3.8, 4) is 33.6 Å². The predicted octanol–water partition coefficient (Wildman–Crippen LogP) is 5.93. The first kappa shape index (κ1) is 27.9. The maximum Gasteiger partial charge on any atom is 0.130 e. The molecule has 4 heterocycles. The van der Waals surface area contributed by atoms with E-state index in [-0.39, 0.29) is 5.54 Å². The minimum Gasteiger partial charge on any atom is -0.372 e. The summed E-state index contributed by atoms with van der Waals surface area (Å²) in [5.41, 5.74) is 6.04. The summed E-state index contributed by atoms with van der Waals surface area (Å²) >= 11 is 0. The summed E-state index contributed by atoms with van der Waals surface area (Å²) in [6, 6.07) is 20.7. The quantitative estimate of drug-likeness (QED) is 0.284. The predicted molar refractivity (Wildman–Crippen MR) is 163 cm³/mol.